The van der Waals surface area contributed by atoms with E-state index < -0.39 is 33.2 Å². The molecule has 0 aliphatic carbocycles. The Labute approximate surface area is 196 Å². The predicted molar refractivity (Wildman–Crippen MR) is 128 cm³/mol. The van der Waals surface area contributed by atoms with Crippen molar-refractivity contribution in [3.05, 3.63) is 58.9 Å². The lowest BCUT2D eigenvalue weighted by molar-refractivity contribution is -0.116. The van der Waals surface area contributed by atoms with Crippen LogP contribution < -0.4 is 9.70 Å². The molecule has 1 aliphatic heterocycles. The lowest BCUT2D eigenvalue weighted by Crippen LogP contribution is -2.40. The number of anilines is 1. The molecule has 174 valence electrons. The first kappa shape index (κ1) is 23.3. The van der Waals surface area contributed by atoms with Gasteiger partial charge in [-0.2, -0.15) is 4.99 Å². The summed E-state index contributed by atoms with van der Waals surface area (Å²) < 4.78 is 33.3. The largest absolute Gasteiger partial charge is 0.383 e. The van der Waals surface area contributed by atoms with Crippen LogP contribution in [0.3, 0.4) is 0 Å². The maximum Gasteiger partial charge on any atom is 0.263 e. The number of sulfone groups is 1. The third kappa shape index (κ3) is 5.40. The summed E-state index contributed by atoms with van der Waals surface area (Å²) in [5, 5.41) is 0. The summed E-state index contributed by atoms with van der Waals surface area (Å²) in [6.07, 6.45) is 1.62. The zero-order valence-corrected chi connectivity index (χ0v) is 19.9. The normalized spacial score (nSPS) is 14.5. The minimum absolute atomic E-state index is 0.407. The summed E-state index contributed by atoms with van der Waals surface area (Å²) in [6, 6.07) is 15.1. The highest BCUT2D eigenvalue weighted by Crippen LogP contribution is 2.27. The van der Waals surface area contributed by atoms with Gasteiger partial charge in [-0.1, -0.05) is 41.7 Å². The summed E-state index contributed by atoms with van der Waals surface area (Å²) in [4.78, 5) is 31.4. The average Bonchev–Trinajstić information content (AvgIpc) is 3.13. The van der Waals surface area contributed by atoms with Crippen LogP contribution in [0.1, 0.15) is 12.0 Å². The van der Waals surface area contributed by atoms with Gasteiger partial charge >= 0.3 is 0 Å². The van der Waals surface area contributed by atoms with Crippen LogP contribution in [0.15, 0.2) is 53.5 Å². The van der Waals surface area contributed by atoms with Gasteiger partial charge in [0.2, 0.25) is 5.91 Å². The van der Waals surface area contributed by atoms with Crippen LogP contribution in [0.2, 0.25) is 0 Å². The summed E-state index contributed by atoms with van der Waals surface area (Å²) in [5.41, 5.74) is 2.66. The molecule has 2 heterocycles. The van der Waals surface area contributed by atoms with E-state index in [2.05, 4.69) is 4.99 Å². The fraction of sp³-hybridized carbons (Fsp3) is 0.348. The Morgan fingerprint density at radius 2 is 1.85 bits per heavy atom. The van der Waals surface area contributed by atoms with Gasteiger partial charge in [-0.05, 0) is 36.6 Å². The third-order valence-electron chi connectivity index (χ3n) is 5.43. The fourth-order valence-corrected chi connectivity index (χ4v) is 6.09. The second kappa shape index (κ2) is 9.98. The molecule has 3 aromatic rings. The second-order valence-corrected chi connectivity index (χ2v) is 10.9. The molecule has 4 rings (SSSR count). The van der Waals surface area contributed by atoms with Crippen LogP contribution in [0.5, 0.6) is 0 Å². The zero-order chi connectivity index (χ0) is 23.4. The maximum absolute atomic E-state index is 12.8. The quantitative estimate of drug-likeness (QED) is 0.509. The van der Waals surface area contributed by atoms with E-state index in [1.54, 1.807) is 7.11 Å². The molecular formula is C23H25N3O5S2. The molecule has 0 bridgehead atoms. The van der Waals surface area contributed by atoms with Gasteiger partial charge in [0.05, 0.1) is 16.8 Å². The van der Waals surface area contributed by atoms with E-state index in [1.807, 2.05) is 53.1 Å². The van der Waals surface area contributed by atoms with Gasteiger partial charge in [-0.3, -0.25) is 9.59 Å². The fourth-order valence-electron chi connectivity index (χ4n) is 3.94. The molecule has 1 aromatic heterocycles. The van der Waals surface area contributed by atoms with Crippen molar-refractivity contribution < 1.29 is 22.7 Å². The van der Waals surface area contributed by atoms with Gasteiger partial charge < -0.3 is 14.2 Å². The number of fused-ring (bicyclic) bond motifs is 2. The molecule has 2 amide bonds. The molecule has 0 spiro atoms. The molecular weight excluding hydrogens is 462 g/mol. The Balaban J connectivity index is 1.52. The molecule has 0 atom stereocenters. The van der Waals surface area contributed by atoms with Gasteiger partial charge in [-0.25, -0.2) is 8.42 Å². The highest BCUT2D eigenvalue weighted by molar-refractivity contribution is 7.92. The molecule has 8 nitrogen and oxygen atoms in total. The maximum atomic E-state index is 12.8. The van der Waals surface area contributed by atoms with Crippen molar-refractivity contribution in [3.8, 4) is 0 Å². The van der Waals surface area contributed by atoms with Crippen molar-refractivity contribution in [2.24, 2.45) is 4.99 Å². The van der Waals surface area contributed by atoms with Crippen molar-refractivity contribution in [1.29, 1.82) is 0 Å². The Morgan fingerprint density at radius 3 is 2.67 bits per heavy atom. The topological polar surface area (TPSA) is 98.0 Å². The number of aryl methyl sites for hydroxylation is 1. The Kier molecular flexibility index (Phi) is 7.06. The number of carbonyl (C=O) groups is 2. The lowest BCUT2D eigenvalue weighted by atomic mass is 10.0. The second-order valence-electron chi connectivity index (χ2n) is 7.81. The summed E-state index contributed by atoms with van der Waals surface area (Å²) in [5.74, 6) is -2.85. The van der Waals surface area contributed by atoms with E-state index in [-0.39, 0.29) is 0 Å². The smallest absolute Gasteiger partial charge is 0.263 e. The molecule has 2 aromatic carbocycles. The number of hydrogen-bond donors (Lipinski definition) is 0. The van der Waals surface area contributed by atoms with Crippen LogP contribution in [0.25, 0.3) is 10.2 Å². The van der Waals surface area contributed by atoms with Gasteiger partial charge in [0.25, 0.3) is 5.91 Å². The van der Waals surface area contributed by atoms with E-state index >= 15 is 0 Å². The number of carbonyl (C=O) groups excluding carboxylic acids is 2. The van der Waals surface area contributed by atoms with Crippen LogP contribution in [0.4, 0.5) is 5.69 Å². The minimum atomic E-state index is -3.98. The van der Waals surface area contributed by atoms with Crippen molar-refractivity contribution in [3.63, 3.8) is 0 Å². The highest BCUT2D eigenvalue weighted by Gasteiger charge is 2.28. The van der Waals surface area contributed by atoms with Gasteiger partial charge in [0.1, 0.15) is 11.5 Å². The minimum Gasteiger partial charge on any atom is -0.383 e. The monoisotopic (exact) mass is 487 g/mol. The van der Waals surface area contributed by atoms with Crippen molar-refractivity contribution in [1.82, 2.24) is 4.57 Å². The number of amides is 2. The number of ether oxygens (including phenoxy) is 1. The number of methoxy groups -OCH3 is 1. The third-order valence-corrected chi connectivity index (χ3v) is 7.86. The Morgan fingerprint density at radius 1 is 1.09 bits per heavy atom. The first-order valence-corrected chi connectivity index (χ1v) is 13.3. The standard InChI is InChI=1S/C23H25N3O5S2/c1-31-14-13-26-19-10-4-5-11-20(19)32-23(26)24-21(27)15-33(29,30)16-22(28)25-12-6-8-17-7-2-3-9-18(17)25/h2-5,7,9-11H,6,8,12-16H2,1H3. The van der Waals surface area contributed by atoms with E-state index in [4.69, 9.17) is 4.74 Å². The zero-order valence-electron chi connectivity index (χ0n) is 18.3. The number of nitrogens with zero attached hydrogens (tertiary/aromatic N) is 3. The van der Waals surface area contributed by atoms with Crippen molar-refractivity contribution in [2.45, 2.75) is 19.4 Å². The molecule has 0 radical (unpaired) electrons. The molecule has 0 fully saturated rings. The Hall–Kier alpha value is -2.82. The van der Waals surface area contributed by atoms with Crippen LogP contribution in [0, 0.1) is 0 Å². The van der Waals surface area contributed by atoms with Crippen LogP contribution in [-0.4, -0.2) is 56.6 Å². The van der Waals surface area contributed by atoms with E-state index in [9.17, 15) is 18.0 Å². The van der Waals surface area contributed by atoms with Gasteiger partial charge in [0, 0.05) is 25.9 Å². The van der Waals surface area contributed by atoms with E-state index in [0.29, 0.717) is 24.5 Å². The number of aromatic nitrogens is 1. The molecule has 0 unspecified atom stereocenters. The first-order chi connectivity index (χ1) is 15.9. The van der Waals surface area contributed by atoms with Crippen LogP contribution in [-0.2, 0) is 37.1 Å². The summed E-state index contributed by atoms with van der Waals surface area (Å²) in [7, 11) is -2.39. The Bertz CT molecular complexity index is 1360. The lowest BCUT2D eigenvalue weighted by Gasteiger charge is -2.29. The van der Waals surface area contributed by atoms with E-state index in [0.717, 1.165) is 34.3 Å². The number of rotatable bonds is 7. The van der Waals surface area contributed by atoms with Gasteiger partial charge in [0.15, 0.2) is 14.6 Å². The summed E-state index contributed by atoms with van der Waals surface area (Å²) >= 11 is 1.31. The van der Waals surface area contributed by atoms with Crippen molar-refractivity contribution >= 4 is 48.9 Å². The number of para-hydroxylation sites is 2. The molecule has 0 saturated heterocycles. The molecule has 1 aliphatic rings. The number of benzene rings is 2. The predicted octanol–water partition coefficient (Wildman–Crippen LogP) is 2.17. The molecule has 33 heavy (non-hydrogen) atoms. The van der Waals surface area contributed by atoms with E-state index in [1.165, 1.54) is 16.2 Å². The molecule has 0 saturated carbocycles. The number of hydrogen-bond acceptors (Lipinski definition) is 6. The molecule has 10 heteroatoms. The molecule has 0 N–H and O–H groups in total. The first-order valence-electron chi connectivity index (χ1n) is 10.6. The number of thiazole rings is 1. The van der Waals surface area contributed by atoms with Crippen molar-refractivity contribution in [2.75, 3.05) is 36.7 Å². The summed E-state index contributed by atoms with van der Waals surface area (Å²) in [6.45, 7) is 1.36. The SMILES string of the molecule is COCCn1c(=NC(=O)CS(=O)(=O)CC(=O)N2CCCc3ccccc32)sc2ccccc21. The average molecular weight is 488 g/mol. The highest BCUT2D eigenvalue weighted by atomic mass is 32.2. The van der Waals surface area contributed by atoms with Crippen LogP contribution >= 0.6 is 11.3 Å². The van der Waals surface area contributed by atoms with Gasteiger partial charge in [-0.15, -0.1) is 0 Å².